The molecule has 0 radical (unpaired) electrons. The van der Waals surface area contributed by atoms with Crippen molar-refractivity contribution < 1.29 is 9.72 Å². The average Bonchev–Trinajstić information content (AvgIpc) is 2.03. The predicted octanol–water partition coefficient (Wildman–Crippen LogP) is 2.63. The number of nitrogens with zero attached hydrogens (tertiary/aromatic N) is 1. The summed E-state index contributed by atoms with van der Waals surface area (Å²) in [5.41, 5.74) is -0.538. The number of benzene rings is 1. The number of halogens is 2. The average molecular weight is 220 g/mol. The summed E-state index contributed by atoms with van der Waals surface area (Å²) in [5, 5.41) is 9.73. The van der Waals surface area contributed by atoms with Gasteiger partial charge in [-0.2, -0.15) is 0 Å². The van der Waals surface area contributed by atoms with Crippen LogP contribution in [0.2, 0.25) is 5.02 Å². The molecule has 0 bridgehead atoms. The molecule has 1 rings (SSSR count). The summed E-state index contributed by atoms with van der Waals surface area (Å²) in [6.07, 6.45) is 0. The van der Waals surface area contributed by atoms with E-state index in [0.717, 1.165) is 6.07 Å². The van der Waals surface area contributed by atoms with Crippen molar-refractivity contribution in [1.82, 2.24) is 0 Å². The van der Waals surface area contributed by atoms with Gasteiger partial charge in [0.15, 0.2) is 0 Å². The molecule has 0 saturated carbocycles. The summed E-state index contributed by atoms with van der Waals surface area (Å²) >= 11 is 10.6. The Morgan fingerprint density at radius 3 is 2.54 bits per heavy atom. The third-order valence-corrected chi connectivity index (χ3v) is 1.81. The Balaban J connectivity index is 3.35. The monoisotopic (exact) mass is 219 g/mol. The Morgan fingerprint density at radius 1 is 1.46 bits per heavy atom. The molecule has 13 heavy (non-hydrogen) atoms. The van der Waals surface area contributed by atoms with Crippen molar-refractivity contribution in [2.45, 2.75) is 0 Å². The fourth-order valence-corrected chi connectivity index (χ4v) is 1.15. The summed E-state index contributed by atoms with van der Waals surface area (Å²) in [4.78, 5) is 20.4. The van der Waals surface area contributed by atoms with Crippen molar-refractivity contribution in [1.29, 1.82) is 0 Å². The molecule has 0 unspecified atom stereocenters. The second kappa shape index (κ2) is 3.72. The van der Waals surface area contributed by atoms with Gasteiger partial charge in [0.1, 0.15) is 5.56 Å². The van der Waals surface area contributed by atoms with Crippen molar-refractivity contribution in [3.05, 3.63) is 38.9 Å². The smallest absolute Gasteiger partial charge is 0.275 e. The molecule has 0 fully saturated rings. The second-order valence-electron chi connectivity index (χ2n) is 2.19. The van der Waals surface area contributed by atoms with Gasteiger partial charge >= 0.3 is 0 Å². The minimum Gasteiger partial charge on any atom is -0.275 e. The first-order valence-electron chi connectivity index (χ1n) is 3.16. The van der Waals surface area contributed by atoms with Crippen LogP contribution in [0.4, 0.5) is 5.69 Å². The van der Waals surface area contributed by atoms with Crippen LogP contribution in [0.5, 0.6) is 0 Å². The second-order valence-corrected chi connectivity index (χ2v) is 2.97. The number of hydrogen-bond acceptors (Lipinski definition) is 3. The summed E-state index contributed by atoms with van der Waals surface area (Å²) in [6, 6.07) is 3.66. The fourth-order valence-electron chi connectivity index (χ4n) is 0.822. The van der Waals surface area contributed by atoms with Gasteiger partial charge in [-0.05, 0) is 23.7 Å². The van der Waals surface area contributed by atoms with Gasteiger partial charge in [-0.15, -0.1) is 0 Å². The molecular formula is C7H3Cl2NO3. The minimum atomic E-state index is -0.872. The highest BCUT2D eigenvalue weighted by atomic mass is 35.5. The van der Waals surface area contributed by atoms with Gasteiger partial charge in [0.05, 0.1) is 4.92 Å². The highest BCUT2D eigenvalue weighted by Gasteiger charge is 2.18. The fraction of sp³-hybridized carbons (Fsp3) is 0. The van der Waals surface area contributed by atoms with Gasteiger partial charge in [-0.3, -0.25) is 14.9 Å². The van der Waals surface area contributed by atoms with E-state index in [-0.39, 0.29) is 16.3 Å². The molecule has 0 N–H and O–H groups in total. The Labute approximate surface area is 83.2 Å². The van der Waals surface area contributed by atoms with E-state index in [9.17, 15) is 14.9 Å². The maximum absolute atomic E-state index is 10.7. The van der Waals surface area contributed by atoms with Crippen LogP contribution in [0, 0.1) is 10.1 Å². The molecule has 0 aliphatic rings. The maximum atomic E-state index is 10.7. The van der Waals surface area contributed by atoms with E-state index in [4.69, 9.17) is 23.2 Å². The summed E-state index contributed by atoms with van der Waals surface area (Å²) in [7, 11) is 0. The molecule has 6 heteroatoms. The van der Waals surface area contributed by atoms with Crippen LogP contribution in [0.3, 0.4) is 0 Å². The van der Waals surface area contributed by atoms with Crippen LogP contribution in [0.1, 0.15) is 10.4 Å². The number of hydrogen-bond donors (Lipinski definition) is 0. The molecule has 0 spiro atoms. The lowest BCUT2D eigenvalue weighted by atomic mass is 10.2. The van der Waals surface area contributed by atoms with Crippen LogP contribution in [0.15, 0.2) is 18.2 Å². The number of carbonyl (C=O) groups is 1. The highest BCUT2D eigenvalue weighted by molar-refractivity contribution is 6.68. The van der Waals surface area contributed by atoms with Crippen LogP contribution in [-0.2, 0) is 0 Å². The van der Waals surface area contributed by atoms with Crippen LogP contribution in [-0.4, -0.2) is 10.2 Å². The quantitative estimate of drug-likeness (QED) is 0.437. The van der Waals surface area contributed by atoms with E-state index < -0.39 is 10.2 Å². The van der Waals surface area contributed by atoms with Crippen LogP contribution >= 0.6 is 23.2 Å². The standard InChI is InChI=1S/C7H3Cl2NO3/c8-4-1-2-5(7(9)11)6(3-4)10(12)13/h1-3H. The molecule has 0 aliphatic heterocycles. The Bertz CT molecular complexity index is 378. The summed E-state index contributed by atoms with van der Waals surface area (Å²) in [6.45, 7) is 0. The minimum absolute atomic E-state index is 0.156. The zero-order valence-electron chi connectivity index (χ0n) is 6.16. The highest BCUT2D eigenvalue weighted by Crippen LogP contribution is 2.24. The SMILES string of the molecule is O=C(Cl)c1ccc(Cl)cc1[N+](=O)[O-]. The van der Waals surface area contributed by atoms with E-state index in [1.165, 1.54) is 12.1 Å². The molecule has 4 nitrogen and oxygen atoms in total. The Morgan fingerprint density at radius 2 is 2.08 bits per heavy atom. The zero-order chi connectivity index (χ0) is 10.0. The predicted molar refractivity (Wildman–Crippen MR) is 48.3 cm³/mol. The van der Waals surface area contributed by atoms with Gasteiger partial charge in [-0.25, -0.2) is 0 Å². The topological polar surface area (TPSA) is 60.2 Å². The first-order chi connectivity index (χ1) is 6.02. The number of nitro benzene ring substituents is 1. The molecule has 0 aliphatic carbocycles. The van der Waals surface area contributed by atoms with Gasteiger partial charge in [0, 0.05) is 11.1 Å². The lowest BCUT2D eigenvalue weighted by molar-refractivity contribution is -0.385. The van der Waals surface area contributed by atoms with E-state index in [1.807, 2.05) is 0 Å². The summed E-state index contributed by atoms with van der Waals surface area (Å²) in [5.74, 6) is 0. The molecular weight excluding hydrogens is 217 g/mol. The number of carbonyl (C=O) groups excluding carboxylic acids is 1. The van der Waals surface area contributed by atoms with Gasteiger partial charge in [-0.1, -0.05) is 11.6 Å². The molecule has 0 aromatic heterocycles. The Hall–Kier alpha value is -1.13. The molecule has 0 amide bonds. The van der Waals surface area contributed by atoms with Crippen LogP contribution < -0.4 is 0 Å². The molecule has 0 heterocycles. The molecule has 0 atom stereocenters. The van der Waals surface area contributed by atoms with E-state index in [2.05, 4.69) is 0 Å². The molecule has 68 valence electrons. The third-order valence-electron chi connectivity index (χ3n) is 1.37. The third kappa shape index (κ3) is 2.17. The lowest BCUT2D eigenvalue weighted by Crippen LogP contribution is -1.97. The molecule has 1 aromatic carbocycles. The van der Waals surface area contributed by atoms with E-state index in [1.54, 1.807) is 0 Å². The van der Waals surface area contributed by atoms with Crippen molar-refractivity contribution in [2.75, 3.05) is 0 Å². The number of nitro groups is 1. The first-order valence-corrected chi connectivity index (χ1v) is 3.91. The van der Waals surface area contributed by atoms with E-state index >= 15 is 0 Å². The van der Waals surface area contributed by atoms with Crippen molar-refractivity contribution in [2.24, 2.45) is 0 Å². The van der Waals surface area contributed by atoms with Crippen molar-refractivity contribution >= 4 is 34.1 Å². The van der Waals surface area contributed by atoms with Gasteiger partial charge < -0.3 is 0 Å². The lowest BCUT2D eigenvalue weighted by Gasteiger charge is -1.96. The van der Waals surface area contributed by atoms with Gasteiger partial charge in [0.25, 0.3) is 10.9 Å². The molecule has 1 aromatic rings. The van der Waals surface area contributed by atoms with Crippen molar-refractivity contribution in [3.8, 4) is 0 Å². The first kappa shape index (κ1) is 9.95. The Kier molecular flexibility index (Phi) is 2.85. The van der Waals surface area contributed by atoms with Crippen molar-refractivity contribution in [3.63, 3.8) is 0 Å². The zero-order valence-corrected chi connectivity index (χ0v) is 7.67. The van der Waals surface area contributed by atoms with E-state index in [0.29, 0.717) is 0 Å². The van der Waals surface area contributed by atoms with Gasteiger partial charge in [0.2, 0.25) is 0 Å². The molecule has 0 saturated heterocycles. The normalized spacial score (nSPS) is 9.69. The summed E-state index contributed by atoms with van der Waals surface area (Å²) < 4.78 is 0. The largest absolute Gasteiger partial charge is 0.282 e. The maximum Gasteiger partial charge on any atom is 0.282 e. The van der Waals surface area contributed by atoms with Crippen LogP contribution in [0.25, 0.3) is 0 Å². The number of rotatable bonds is 2.